The third-order valence-corrected chi connectivity index (χ3v) is 3.75. The molecule has 23 heavy (non-hydrogen) atoms. The zero-order chi connectivity index (χ0) is 17.2. The average Bonchev–Trinajstić information content (AvgIpc) is 2.48. The second-order valence-corrected chi connectivity index (χ2v) is 6.23. The molecule has 0 atom stereocenters. The molecule has 0 saturated heterocycles. The van der Waals surface area contributed by atoms with E-state index in [9.17, 15) is 9.59 Å². The van der Waals surface area contributed by atoms with E-state index in [4.69, 9.17) is 4.74 Å². The number of nitrogens with one attached hydrogen (secondary N) is 1. The van der Waals surface area contributed by atoms with Gasteiger partial charge in [-0.25, -0.2) is 0 Å². The van der Waals surface area contributed by atoms with Crippen LogP contribution in [0.25, 0.3) is 0 Å². The van der Waals surface area contributed by atoms with E-state index >= 15 is 0 Å². The first-order valence-corrected chi connectivity index (χ1v) is 8.41. The number of aromatic amines is 1. The smallest absolute Gasteiger partial charge is 0.254 e. The van der Waals surface area contributed by atoms with E-state index in [1.807, 2.05) is 18.4 Å². The van der Waals surface area contributed by atoms with E-state index in [1.165, 1.54) is 6.07 Å². The molecule has 0 aliphatic carbocycles. The number of hydrogen-bond acceptors (Lipinski definition) is 4. The number of ether oxygens (including phenoxy) is 1. The molecule has 0 aliphatic heterocycles. The first-order chi connectivity index (χ1) is 10.9. The molecular weight excluding hydrogens is 312 g/mol. The Hall–Kier alpha value is -1.79. The molecule has 0 fully saturated rings. The Kier molecular flexibility index (Phi) is 8.43. The number of aromatic nitrogens is 1. The van der Waals surface area contributed by atoms with Gasteiger partial charge in [0.1, 0.15) is 0 Å². The highest BCUT2D eigenvalue weighted by atomic mass is 32.2. The third kappa shape index (κ3) is 7.34. The van der Waals surface area contributed by atoms with E-state index in [2.05, 4.69) is 11.6 Å². The van der Waals surface area contributed by atoms with Crippen LogP contribution in [0.15, 0.2) is 40.6 Å². The predicted octanol–water partition coefficient (Wildman–Crippen LogP) is 2.59. The molecule has 1 aromatic heterocycles. The summed E-state index contributed by atoms with van der Waals surface area (Å²) in [5.74, 6) is 0.613. The Labute approximate surface area is 141 Å². The van der Waals surface area contributed by atoms with Crippen LogP contribution in [0, 0.1) is 6.92 Å². The van der Waals surface area contributed by atoms with Crippen LogP contribution < -0.4 is 5.56 Å². The number of aryl methyl sites for hydroxylation is 1. The van der Waals surface area contributed by atoms with Gasteiger partial charge in [0.2, 0.25) is 5.56 Å². The maximum Gasteiger partial charge on any atom is 0.254 e. The predicted molar refractivity (Wildman–Crippen MR) is 96.0 cm³/mol. The molecule has 0 bridgehead atoms. The third-order valence-electron chi connectivity index (χ3n) is 3.01. The summed E-state index contributed by atoms with van der Waals surface area (Å²) < 4.78 is 5.07. The van der Waals surface area contributed by atoms with Crippen LogP contribution in [0.1, 0.15) is 23.0 Å². The lowest BCUT2D eigenvalue weighted by atomic mass is 10.2. The number of H-pyrrole nitrogens is 1. The van der Waals surface area contributed by atoms with Crippen molar-refractivity contribution in [3.05, 3.63) is 57.4 Å². The lowest BCUT2D eigenvalue weighted by Gasteiger charge is -2.22. The lowest BCUT2D eigenvalue weighted by molar-refractivity contribution is 0.0708. The standard InChI is InChI=1S/C17H24N2O3S/c1-13(2)5-9-23-10-7-19(6-8-22-4)17(21)15-11-14(3)18-16(20)12-15/h5,9,11-12H,1,6-8,10H2,2-4H3,(H,18,20)/b9-5-. The fourth-order valence-corrected chi connectivity index (χ4v) is 2.69. The van der Waals surface area contributed by atoms with E-state index in [-0.39, 0.29) is 11.5 Å². The van der Waals surface area contributed by atoms with Crippen molar-refractivity contribution in [1.82, 2.24) is 9.88 Å². The van der Waals surface area contributed by atoms with Gasteiger partial charge in [0.05, 0.1) is 6.61 Å². The molecular formula is C17H24N2O3S. The van der Waals surface area contributed by atoms with Gasteiger partial charge in [0, 0.05) is 43.3 Å². The fraction of sp³-hybridized carbons (Fsp3) is 0.412. The van der Waals surface area contributed by atoms with Crippen LogP contribution in [-0.4, -0.2) is 48.4 Å². The quantitative estimate of drug-likeness (QED) is 0.556. The molecule has 0 spiro atoms. The molecule has 1 amide bonds. The van der Waals surface area contributed by atoms with E-state index < -0.39 is 0 Å². The Morgan fingerprint density at radius 1 is 1.43 bits per heavy atom. The molecule has 126 valence electrons. The molecule has 0 aromatic carbocycles. The molecule has 0 unspecified atom stereocenters. The lowest BCUT2D eigenvalue weighted by Crippen LogP contribution is -2.36. The Balaban J connectivity index is 2.73. The number of nitrogens with zero attached hydrogens (tertiary/aromatic N) is 1. The van der Waals surface area contributed by atoms with Crippen LogP contribution in [0.4, 0.5) is 0 Å². The summed E-state index contributed by atoms with van der Waals surface area (Å²) in [6.45, 7) is 9.02. The molecule has 1 heterocycles. The van der Waals surface area contributed by atoms with Crippen LogP contribution in [0.2, 0.25) is 0 Å². The Bertz CT molecular complexity index is 623. The van der Waals surface area contributed by atoms with Crippen LogP contribution in [-0.2, 0) is 4.74 Å². The first-order valence-electron chi connectivity index (χ1n) is 7.37. The van der Waals surface area contributed by atoms with Crippen molar-refractivity contribution >= 4 is 17.7 Å². The van der Waals surface area contributed by atoms with Crippen LogP contribution in [0.5, 0.6) is 0 Å². The molecule has 1 aromatic rings. The van der Waals surface area contributed by atoms with Crippen molar-refractivity contribution in [3.8, 4) is 0 Å². The summed E-state index contributed by atoms with van der Waals surface area (Å²) >= 11 is 1.62. The SMILES string of the molecule is C=C(C)/C=C\SCCN(CCOC)C(=O)c1cc(C)[nH]c(=O)c1. The van der Waals surface area contributed by atoms with Crippen molar-refractivity contribution in [3.63, 3.8) is 0 Å². The molecule has 1 N–H and O–H groups in total. The van der Waals surface area contributed by atoms with Gasteiger partial charge in [-0.2, -0.15) is 0 Å². The maximum absolute atomic E-state index is 12.6. The highest BCUT2D eigenvalue weighted by Gasteiger charge is 2.16. The number of hydrogen-bond donors (Lipinski definition) is 1. The topological polar surface area (TPSA) is 62.4 Å². The monoisotopic (exact) mass is 336 g/mol. The van der Waals surface area contributed by atoms with Gasteiger partial charge in [0.15, 0.2) is 0 Å². The molecule has 0 aliphatic rings. The summed E-state index contributed by atoms with van der Waals surface area (Å²) in [5.41, 5.74) is 1.80. The largest absolute Gasteiger partial charge is 0.383 e. The molecule has 0 radical (unpaired) electrons. The summed E-state index contributed by atoms with van der Waals surface area (Å²) in [4.78, 5) is 28.5. The summed E-state index contributed by atoms with van der Waals surface area (Å²) in [7, 11) is 1.60. The van der Waals surface area contributed by atoms with Gasteiger partial charge in [-0.15, -0.1) is 11.8 Å². The second kappa shape index (κ2) is 10.1. The highest BCUT2D eigenvalue weighted by molar-refractivity contribution is 8.02. The van der Waals surface area contributed by atoms with Crippen molar-refractivity contribution in [1.29, 1.82) is 0 Å². The number of thioether (sulfide) groups is 1. The summed E-state index contributed by atoms with van der Waals surface area (Å²) in [6, 6.07) is 3.03. The number of pyridine rings is 1. The number of carbonyl (C=O) groups excluding carboxylic acids is 1. The summed E-state index contributed by atoms with van der Waals surface area (Å²) in [5, 5.41) is 1.97. The maximum atomic E-state index is 12.6. The normalized spacial score (nSPS) is 10.9. The highest BCUT2D eigenvalue weighted by Crippen LogP contribution is 2.09. The number of methoxy groups -OCH3 is 1. The molecule has 5 nitrogen and oxygen atoms in total. The Morgan fingerprint density at radius 3 is 2.78 bits per heavy atom. The van der Waals surface area contributed by atoms with Crippen molar-refractivity contribution in [2.45, 2.75) is 13.8 Å². The molecule has 1 rings (SSSR count). The average molecular weight is 336 g/mol. The van der Waals surface area contributed by atoms with Gasteiger partial charge < -0.3 is 14.6 Å². The molecule has 6 heteroatoms. The second-order valence-electron chi connectivity index (χ2n) is 5.22. The van der Waals surface area contributed by atoms with Crippen LogP contribution >= 0.6 is 11.8 Å². The number of rotatable bonds is 9. The zero-order valence-electron chi connectivity index (χ0n) is 13.9. The minimum atomic E-state index is -0.265. The molecule has 0 saturated carbocycles. The minimum absolute atomic E-state index is 0.152. The van der Waals surface area contributed by atoms with Crippen molar-refractivity contribution in [2.24, 2.45) is 0 Å². The van der Waals surface area contributed by atoms with Crippen LogP contribution in [0.3, 0.4) is 0 Å². The van der Waals surface area contributed by atoms with E-state index in [0.29, 0.717) is 31.0 Å². The van der Waals surface area contributed by atoms with Gasteiger partial charge >= 0.3 is 0 Å². The number of amides is 1. The fourth-order valence-electron chi connectivity index (χ4n) is 1.90. The number of carbonyl (C=O) groups is 1. The zero-order valence-corrected chi connectivity index (χ0v) is 14.7. The first kappa shape index (κ1) is 19.3. The van der Waals surface area contributed by atoms with Gasteiger partial charge in [0.25, 0.3) is 5.91 Å². The van der Waals surface area contributed by atoms with Crippen molar-refractivity contribution in [2.75, 3.05) is 32.6 Å². The Morgan fingerprint density at radius 2 is 2.17 bits per heavy atom. The van der Waals surface area contributed by atoms with E-state index in [1.54, 1.807) is 36.8 Å². The minimum Gasteiger partial charge on any atom is -0.383 e. The van der Waals surface area contributed by atoms with Gasteiger partial charge in [-0.3, -0.25) is 9.59 Å². The van der Waals surface area contributed by atoms with Gasteiger partial charge in [-0.1, -0.05) is 18.2 Å². The number of allylic oxidation sites excluding steroid dienone is 2. The van der Waals surface area contributed by atoms with E-state index in [0.717, 1.165) is 11.3 Å². The van der Waals surface area contributed by atoms with Gasteiger partial charge in [-0.05, 0) is 25.3 Å². The summed E-state index contributed by atoms with van der Waals surface area (Å²) in [6.07, 6.45) is 1.94. The van der Waals surface area contributed by atoms with Crippen molar-refractivity contribution < 1.29 is 9.53 Å².